The van der Waals surface area contributed by atoms with Crippen LogP contribution in [0.15, 0.2) is 59.7 Å². The third kappa shape index (κ3) is 8.02. The molecule has 1 aliphatic heterocycles. The molecule has 2 N–H and O–H groups in total. The predicted octanol–water partition coefficient (Wildman–Crippen LogP) is 3.60. The van der Waals surface area contributed by atoms with Crippen LogP contribution >= 0.6 is 0 Å². The Kier molecular flexibility index (Phi) is 9.91. The van der Waals surface area contributed by atoms with E-state index in [1.165, 1.54) is 6.42 Å². The lowest BCUT2D eigenvalue weighted by atomic mass is 10.0. The maximum atomic E-state index is 12.9. The molecule has 2 aromatic carbocycles. The zero-order valence-electron chi connectivity index (χ0n) is 19.3. The number of amides is 2. The second kappa shape index (κ2) is 13.4. The van der Waals surface area contributed by atoms with E-state index in [1.807, 2.05) is 42.5 Å². The van der Waals surface area contributed by atoms with Gasteiger partial charge in [-0.25, -0.2) is 5.43 Å². The summed E-state index contributed by atoms with van der Waals surface area (Å²) >= 11 is 0. The number of carbonyl (C=O) groups is 2. The fraction of sp³-hybridized carbons (Fsp3) is 0.423. The van der Waals surface area contributed by atoms with Crippen LogP contribution in [0.3, 0.4) is 0 Å². The second-order valence-electron chi connectivity index (χ2n) is 8.24. The first-order valence-electron chi connectivity index (χ1n) is 11.7. The summed E-state index contributed by atoms with van der Waals surface area (Å²) in [5.74, 6) is 0.644. The molecule has 0 spiro atoms. The fourth-order valence-electron chi connectivity index (χ4n) is 4.00. The van der Waals surface area contributed by atoms with Gasteiger partial charge in [-0.15, -0.1) is 0 Å². The van der Waals surface area contributed by atoms with Crippen molar-refractivity contribution in [1.82, 2.24) is 15.6 Å². The maximum absolute atomic E-state index is 12.9. The summed E-state index contributed by atoms with van der Waals surface area (Å²) in [6.07, 6.45) is 7.51. The summed E-state index contributed by atoms with van der Waals surface area (Å²) in [5.41, 5.74) is 4.28. The second-order valence-corrected chi connectivity index (χ2v) is 8.24. The Labute approximate surface area is 196 Å². The van der Waals surface area contributed by atoms with Gasteiger partial charge in [0.2, 0.25) is 0 Å². The van der Waals surface area contributed by atoms with Gasteiger partial charge in [0.1, 0.15) is 5.75 Å². The Morgan fingerprint density at radius 3 is 2.45 bits per heavy atom. The summed E-state index contributed by atoms with van der Waals surface area (Å²) in [7, 11) is 1.63. The molecule has 33 heavy (non-hydrogen) atoms. The number of rotatable bonds is 11. The van der Waals surface area contributed by atoms with Crippen LogP contribution in [0.25, 0.3) is 0 Å². The van der Waals surface area contributed by atoms with Crippen LogP contribution in [0.4, 0.5) is 0 Å². The van der Waals surface area contributed by atoms with Crippen LogP contribution < -0.4 is 15.5 Å². The maximum Gasteiger partial charge on any atom is 0.257 e. The number of nitrogens with one attached hydrogen (secondary N) is 2. The first-order valence-corrected chi connectivity index (χ1v) is 11.7. The summed E-state index contributed by atoms with van der Waals surface area (Å²) in [5, 5.41) is 7.12. The predicted molar refractivity (Wildman–Crippen MR) is 131 cm³/mol. The number of piperidine rings is 1. The largest absolute Gasteiger partial charge is 0.497 e. The van der Waals surface area contributed by atoms with Gasteiger partial charge in [-0.1, -0.05) is 24.6 Å². The van der Waals surface area contributed by atoms with Crippen molar-refractivity contribution in [2.45, 2.75) is 44.6 Å². The molecule has 0 radical (unpaired) electrons. The topological polar surface area (TPSA) is 83.0 Å². The number of nitrogens with zero attached hydrogens (tertiary/aromatic N) is 2. The zero-order valence-corrected chi connectivity index (χ0v) is 19.3. The molecule has 1 fully saturated rings. The van der Waals surface area contributed by atoms with E-state index in [2.05, 4.69) is 20.7 Å². The van der Waals surface area contributed by atoms with Crippen LogP contribution in [0.1, 0.15) is 54.4 Å². The minimum absolute atomic E-state index is 0.0613. The molecule has 3 rings (SSSR count). The highest BCUT2D eigenvalue weighted by atomic mass is 16.5. The molecule has 0 bridgehead atoms. The smallest absolute Gasteiger partial charge is 0.257 e. The van der Waals surface area contributed by atoms with Gasteiger partial charge >= 0.3 is 0 Å². The molecule has 1 saturated heterocycles. The number of ether oxygens (including phenoxy) is 1. The summed E-state index contributed by atoms with van der Waals surface area (Å²) < 4.78 is 5.16. The van der Waals surface area contributed by atoms with Crippen molar-refractivity contribution in [3.8, 4) is 5.75 Å². The van der Waals surface area contributed by atoms with Gasteiger partial charge in [-0.2, -0.15) is 5.10 Å². The minimum Gasteiger partial charge on any atom is -0.497 e. The fourth-order valence-corrected chi connectivity index (χ4v) is 4.00. The normalized spacial score (nSPS) is 15.2. The molecule has 2 aromatic rings. The molecule has 1 aliphatic rings. The Morgan fingerprint density at radius 1 is 1.03 bits per heavy atom. The van der Waals surface area contributed by atoms with Gasteiger partial charge in [0.05, 0.1) is 19.4 Å². The Balaban J connectivity index is 1.47. The van der Waals surface area contributed by atoms with E-state index in [0.29, 0.717) is 12.1 Å². The van der Waals surface area contributed by atoms with Crippen LogP contribution in [-0.4, -0.2) is 55.7 Å². The Morgan fingerprint density at radius 2 is 1.76 bits per heavy atom. The summed E-state index contributed by atoms with van der Waals surface area (Å²) in [4.78, 5) is 27.4. The van der Waals surface area contributed by atoms with Gasteiger partial charge in [0, 0.05) is 12.1 Å². The van der Waals surface area contributed by atoms with Crippen LogP contribution in [-0.2, 0) is 4.79 Å². The summed E-state index contributed by atoms with van der Waals surface area (Å²) in [6, 6.07) is 16.5. The highest BCUT2D eigenvalue weighted by Crippen LogP contribution is 2.17. The van der Waals surface area contributed by atoms with Crippen molar-refractivity contribution in [2.75, 3.05) is 26.7 Å². The van der Waals surface area contributed by atoms with Crippen molar-refractivity contribution >= 4 is 18.0 Å². The third-order valence-corrected chi connectivity index (χ3v) is 5.86. The van der Waals surface area contributed by atoms with E-state index >= 15 is 0 Å². The van der Waals surface area contributed by atoms with Gasteiger partial charge in [0.25, 0.3) is 11.8 Å². The molecule has 1 heterocycles. The van der Waals surface area contributed by atoms with Crippen molar-refractivity contribution < 1.29 is 14.3 Å². The molecule has 7 heteroatoms. The summed E-state index contributed by atoms with van der Waals surface area (Å²) in [6.45, 7) is 2.47. The molecule has 0 aliphatic carbocycles. The minimum atomic E-state index is -0.205. The van der Waals surface area contributed by atoms with E-state index in [4.69, 9.17) is 4.74 Å². The van der Waals surface area contributed by atoms with E-state index in [-0.39, 0.29) is 17.9 Å². The standard InChI is InChI=1S/C26H34N4O3/c1-33-23-15-13-21(14-16-23)20-28-29-26(32)24(30-18-8-3-9-19-30)12-6-7-17-27-25(31)22-10-4-2-5-11-22/h2,4-5,10-11,13-16,20,24H,3,6-9,12,17-19H2,1H3,(H,27,31)(H,29,32). The number of carbonyl (C=O) groups excluding carboxylic acids is 2. The first-order chi connectivity index (χ1) is 16.2. The molecule has 2 amide bonds. The lowest BCUT2D eigenvalue weighted by Crippen LogP contribution is -2.47. The molecular weight excluding hydrogens is 416 g/mol. The van der Waals surface area contributed by atoms with Gasteiger partial charge in [-0.3, -0.25) is 14.5 Å². The molecule has 7 nitrogen and oxygen atoms in total. The SMILES string of the molecule is COc1ccc(C=NNC(=O)C(CCCCNC(=O)c2ccccc2)N2CCCCC2)cc1. The van der Waals surface area contributed by atoms with Gasteiger partial charge in [-0.05, 0) is 87.2 Å². The number of hydrogen-bond acceptors (Lipinski definition) is 5. The van der Waals surface area contributed by atoms with Crippen molar-refractivity contribution in [3.63, 3.8) is 0 Å². The van der Waals surface area contributed by atoms with Crippen LogP contribution in [0.5, 0.6) is 5.75 Å². The van der Waals surface area contributed by atoms with Gasteiger partial charge in [0.15, 0.2) is 0 Å². The highest BCUT2D eigenvalue weighted by molar-refractivity contribution is 5.94. The number of unbranched alkanes of at least 4 members (excludes halogenated alkanes) is 1. The average molecular weight is 451 g/mol. The highest BCUT2D eigenvalue weighted by Gasteiger charge is 2.26. The number of methoxy groups -OCH3 is 1. The Hall–Kier alpha value is -3.19. The van der Waals surface area contributed by atoms with E-state index in [0.717, 1.165) is 56.5 Å². The van der Waals surface area contributed by atoms with E-state index in [9.17, 15) is 9.59 Å². The Bertz CT molecular complexity index is 894. The van der Waals surface area contributed by atoms with Crippen LogP contribution in [0.2, 0.25) is 0 Å². The van der Waals surface area contributed by atoms with Crippen LogP contribution in [0, 0.1) is 0 Å². The molecule has 1 atom stereocenters. The molecule has 1 unspecified atom stereocenters. The molecule has 0 aromatic heterocycles. The van der Waals surface area contributed by atoms with Crippen molar-refractivity contribution in [1.29, 1.82) is 0 Å². The quantitative estimate of drug-likeness (QED) is 0.311. The molecular formula is C26H34N4O3. The van der Waals surface area contributed by atoms with Crippen molar-refractivity contribution in [3.05, 3.63) is 65.7 Å². The third-order valence-electron chi connectivity index (χ3n) is 5.86. The monoisotopic (exact) mass is 450 g/mol. The number of hydrogen-bond donors (Lipinski definition) is 2. The first kappa shape index (κ1) is 24.5. The lowest BCUT2D eigenvalue weighted by molar-refractivity contribution is -0.127. The molecule has 176 valence electrons. The lowest BCUT2D eigenvalue weighted by Gasteiger charge is -2.33. The van der Waals surface area contributed by atoms with E-state index < -0.39 is 0 Å². The number of benzene rings is 2. The average Bonchev–Trinajstić information content (AvgIpc) is 2.87. The number of hydrazone groups is 1. The zero-order chi connectivity index (χ0) is 23.3. The van der Waals surface area contributed by atoms with E-state index in [1.54, 1.807) is 25.5 Å². The number of likely N-dealkylation sites (tertiary alicyclic amines) is 1. The van der Waals surface area contributed by atoms with Gasteiger partial charge < -0.3 is 10.1 Å². The molecule has 0 saturated carbocycles. The van der Waals surface area contributed by atoms with Crippen molar-refractivity contribution in [2.24, 2.45) is 5.10 Å².